The van der Waals surface area contributed by atoms with Gasteiger partial charge in [0.1, 0.15) is 0 Å². The summed E-state index contributed by atoms with van der Waals surface area (Å²) in [4.78, 5) is 19.9. The highest BCUT2D eigenvalue weighted by atomic mass is 32.2. The van der Waals surface area contributed by atoms with Crippen molar-refractivity contribution in [1.82, 2.24) is 0 Å². The number of nitro groups is 1. The van der Waals surface area contributed by atoms with E-state index in [-0.39, 0.29) is 11.3 Å². The highest BCUT2D eigenvalue weighted by Crippen LogP contribution is 2.12. The monoisotopic (exact) mass is 279 g/mol. The van der Waals surface area contributed by atoms with Crippen molar-refractivity contribution in [3.63, 3.8) is 0 Å². The Kier molecular flexibility index (Phi) is 8.43. The van der Waals surface area contributed by atoms with Gasteiger partial charge in [-0.25, -0.2) is 10.1 Å². The van der Waals surface area contributed by atoms with Gasteiger partial charge in [0.2, 0.25) is 0 Å². The second kappa shape index (κ2) is 9.32. The lowest BCUT2D eigenvalue weighted by molar-refractivity contribution is -0.591. The van der Waals surface area contributed by atoms with Gasteiger partial charge in [-0.15, -0.1) is 4.33 Å². The van der Waals surface area contributed by atoms with Crippen LogP contribution in [0.2, 0.25) is 0 Å². The summed E-state index contributed by atoms with van der Waals surface area (Å²) in [5, 5.41) is 32.5. The average molecular weight is 279 g/mol. The highest BCUT2D eigenvalue weighted by Gasteiger charge is 2.09. The molecule has 10 heteroatoms. The van der Waals surface area contributed by atoms with Crippen LogP contribution >= 0.6 is 12.0 Å². The maximum Gasteiger partial charge on any atom is 0.335 e. The fourth-order valence-electron chi connectivity index (χ4n) is 0.793. The summed E-state index contributed by atoms with van der Waals surface area (Å²) in [5.74, 6) is -1.17. The quantitative estimate of drug-likeness (QED) is 0.273. The molecule has 1 aromatic rings. The van der Waals surface area contributed by atoms with Crippen molar-refractivity contribution in [3.05, 3.63) is 39.9 Å². The molecule has 0 bridgehead atoms. The minimum atomic E-state index is -1.17. The molecule has 0 unspecified atom stereocenters. The lowest BCUT2D eigenvalue weighted by Crippen LogP contribution is -1.97. The van der Waals surface area contributed by atoms with Crippen molar-refractivity contribution in [3.8, 4) is 0 Å². The van der Waals surface area contributed by atoms with Crippen molar-refractivity contribution in [2.75, 3.05) is 6.26 Å². The molecule has 0 heterocycles. The van der Waals surface area contributed by atoms with Crippen LogP contribution in [-0.4, -0.2) is 27.5 Å². The van der Waals surface area contributed by atoms with Crippen molar-refractivity contribution in [2.45, 2.75) is 0 Å². The van der Waals surface area contributed by atoms with Gasteiger partial charge in [0.25, 0.3) is 5.69 Å². The van der Waals surface area contributed by atoms with E-state index in [1.54, 1.807) is 6.26 Å². The molecule has 1 rings (SSSR count). The fourth-order valence-corrected chi connectivity index (χ4v) is 0.873. The van der Waals surface area contributed by atoms with Gasteiger partial charge < -0.3 is 5.11 Å². The summed E-state index contributed by atoms with van der Waals surface area (Å²) in [6, 6.07) is 4.89. The molecule has 0 saturated carbocycles. The van der Waals surface area contributed by atoms with Crippen LogP contribution in [0.4, 0.5) is 5.69 Å². The molecule has 18 heavy (non-hydrogen) atoms. The molecule has 0 aliphatic rings. The third kappa shape index (κ3) is 6.78. The van der Waals surface area contributed by atoms with E-state index in [1.165, 1.54) is 18.2 Å². The maximum absolute atomic E-state index is 10.4. The molecule has 100 valence electrons. The van der Waals surface area contributed by atoms with Crippen molar-refractivity contribution in [2.24, 2.45) is 0 Å². The van der Waals surface area contributed by atoms with Gasteiger partial charge in [0, 0.05) is 30.4 Å². The second-order valence-corrected chi connectivity index (χ2v) is 2.96. The van der Waals surface area contributed by atoms with E-state index in [0.29, 0.717) is 0 Å². The molecule has 0 saturated heterocycles. The molecule has 0 aromatic heterocycles. The van der Waals surface area contributed by atoms with Crippen LogP contribution in [0, 0.1) is 10.1 Å². The molecule has 0 radical (unpaired) electrons. The van der Waals surface area contributed by atoms with Crippen LogP contribution in [0.1, 0.15) is 10.4 Å². The van der Waals surface area contributed by atoms with Crippen molar-refractivity contribution in [1.29, 1.82) is 0 Å². The summed E-state index contributed by atoms with van der Waals surface area (Å²) >= 11 is 0.919. The van der Waals surface area contributed by atoms with E-state index in [2.05, 4.69) is 14.4 Å². The zero-order valence-corrected chi connectivity index (χ0v) is 9.83. The van der Waals surface area contributed by atoms with E-state index >= 15 is 0 Å². The number of hydrogen-bond donors (Lipinski definition) is 2. The summed E-state index contributed by atoms with van der Waals surface area (Å²) in [7, 11) is 0. The molecule has 0 atom stereocenters. The van der Waals surface area contributed by atoms with Gasteiger partial charge in [0.15, 0.2) is 0 Å². The van der Waals surface area contributed by atoms with Gasteiger partial charge in [-0.1, -0.05) is 6.07 Å². The Morgan fingerprint density at radius 2 is 2.17 bits per heavy atom. The first kappa shape index (κ1) is 16.3. The third-order valence-electron chi connectivity index (χ3n) is 1.43. The summed E-state index contributed by atoms with van der Waals surface area (Å²) in [6.45, 7) is 0. The zero-order valence-electron chi connectivity index (χ0n) is 9.01. The SMILES string of the molecule is CSOOOO.O=C(O)c1cccc([N+](=O)[O-])c1. The topological polar surface area (TPSA) is 128 Å². The van der Waals surface area contributed by atoms with E-state index < -0.39 is 10.9 Å². The van der Waals surface area contributed by atoms with Crippen LogP contribution in [0.3, 0.4) is 0 Å². The van der Waals surface area contributed by atoms with Gasteiger partial charge in [-0.05, 0) is 16.1 Å². The molecule has 1 aromatic carbocycles. The van der Waals surface area contributed by atoms with Crippen LogP contribution in [0.15, 0.2) is 24.3 Å². The Morgan fingerprint density at radius 3 is 2.56 bits per heavy atom. The average Bonchev–Trinajstić information content (AvgIpc) is 2.37. The summed E-state index contributed by atoms with van der Waals surface area (Å²) in [5.41, 5.74) is -0.292. The lowest BCUT2D eigenvalue weighted by atomic mass is 10.2. The van der Waals surface area contributed by atoms with Gasteiger partial charge in [-0.3, -0.25) is 10.1 Å². The highest BCUT2D eigenvalue weighted by molar-refractivity contribution is 7.93. The standard InChI is InChI=1S/C7H5NO4.CH4O4S/c9-7(10)5-2-1-3-6(4-5)8(11)12;1-6-5-4-3-2/h1-4H,(H,9,10);2H,1H3. The number of aromatic carboxylic acids is 1. The second-order valence-electron chi connectivity index (χ2n) is 2.49. The number of hydrogen-bond acceptors (Lipinski definition) is 8. The van der Waals surface area contributed by atoms with Gasteiger partial charge in [-0.2, -0.15) is 0 Å². The number of benzene rings is 1. The van der Waals surface area contributed by atoms with E-state index in [9.17, 15) is 14.9 Å². The Hall–Kier alpha value is -1.72. The van der Waals surface area contributed by atoms with Gasteiger partial charge >= 0.3 is 5.97 Å². The smallest absolute Gasteiger partial charge is 0.335 e. The minimum absolute atomic E-state index is 0.0794. The van der Waals surface area contributed by atoms with Crippen LogP contribution in [-0.2, 0) is 14.4 Å². The Bertz CT molecular complexity index is 365. The lowest BCUT2D eigenvalue weighted by Gasteiger charge is -1.92. The molecule has 0 aliphatic carbocycles. The normalized spacial score (nSPS) is 9.22. The first-order valence-electron chi connectivity index (χ1n) is 4.18. The molecule has 0 amide bonds. The Morgan fingerprint density at radius 1 is 1.50 bits per heavy atom. The number of nitro benzene ring substituents is 1. The summed E-state index contributed by atoms with van der Waals surface area (Å²) < 4.78 is 3.93. The number of nitrogens with zero attached hydrogens (tertiary/aromatic N) is 1. The predicted octanol–water partition coefficient (Wildman–Crippen LogP) is 1.91. The molecule has 9 nitrogen and oxygen atoms in total. The van der Waals surface area contributed by atoms with E-state index in [1.807, 2.05) is 0 Å². The summed E-state index contributed by atoms with van der Waals surface area (Å²) in [6.07, 6.45) is 1.61. The number of carboxylic acid groups (broad SMARTS) is 1. The number of rotatable bonds is 5. The van der Waals surface area contributed by atoms with Crippen LogP contribution < -0.4 is 0 Å². The minimum Gasteiger partial charge on any atom is -0.478 e. The first-order valence-corrected chi connectivity index (χ1v) is 5.33. The van der Waals surface area contributed by atoms with Crippen molar-refractivity contribution < 1.29 is 34.5 Å². The third-order valence-corrected chi connectivity index (χ3v) is 1.62. The number of carboxylic acids is 1. The maximum atomic E-state index is 10.4. The predicted molar refractivity (Wildman–Crippen MR) is 59.5 cm³/mol. The molecule has 0 spiro atoms. The molecular formula is C8H9NO8S. The van der Waals surface area contributed by atoms with Crippen LogP contribution in [0.25, 0.3) is 0 Å². The Labute approximate surface area is 105 Å². The molecule has 0 fully saturated rings. The van der Waals surface area contributed by atoms with E-state index in [4.69, 9.17) is 10.4 Å². The zero-order chi connectivity index (χ0) is 14.0. The first-order chi connectivity index (χ1) is 8.52. The number of non-ortho nitro benzene ring substituents is 1. The largest absolute Gasteiger partial charge is 0.478 e. The van der Waals surface area contributed by atoms with Gasteiger partial charge in [0.05, 0.1) is 10.5 Å². The van der Waals surface area contributed by atoms with E-state index in [0.717, 1.165) is 18.1 Å². The van der Waals surface area contributed by atoms with Crippen molar-refractivity contribution >= 4 is 23.7 Å². The van der Waals surface area contributed by atoms with Crippen LogP contribution in [0.5, 0.6) is 0 Å². The fraction of sp³-hybridized carbons (Fsp3) is 0.125. The molecule has 2 N–H and O–H groups in total. The molecular weight excluding hydrogens is 270 g/mol. The number of carbonyl (C=O) groups is 1. The molecule has 0 aliphatic heterocycles. The Balaban J connectivity index is 0.000000411.